The van der Waals surface area contributed by atoms with Gasteiger partial charge in [-0.1, -0.05) is 6.07 Å². The highest BCUT2D eigenvalue weighted by Crippen LogP contribution is 2.22. The van der Waals surface area contributed by atoms with Crippen molar-refractivity contribution in [3.05, 3.63) is 30.1 Å². The van der Waals surface area contributed by atoms with Gasteiger partial charge in [0.1, 0.15) is 0 Å². The molecule has 0 saturated carbocycles. The van der Waals surface area contributed by atoms with Crippen molar-refractivity contribution in [2.75, 3.05) is 26.3 Å². The van der Waals surface area contributed by atoms with Crippen molar-refractivity contribution in [3.8, 4) is 0 Å². The maximum atomic E-state index is 10.0. The van der Waals surface area contributed by atoms with Crippen molar-refractivity contribution in [1.82, 2.24) is 9.88 Å². The van der Waals surface area contributed by atoms with Gasteiger partial charge in [0.2, 0.25) is 0 Å². The lowest BCUT2D eigenvalue weighted by Gasteiger charge is -2.23. The molecule has 2 heterocycles. The topological polar surface area (TPSA) is 76.8 Å². The molecular weight excluding hydrogens is 232 g/mol. The van der Waals surface area contributed by atoms with Gasteiger partial charge in [-0.05, 0) is 18.6 Å². The molecule has 0 radical (unpaired) electrons. The average molecular weight is 252 g/mol. The molecule has 2 rings (SSSR count). The molecular formula is C13H20N2O3. The Morgan fingerprint density at radius 2 is 2.06 bits per heavy atom. The molecule has 0 amide bonds. The van der Waals surface area contributed by atoms with Gasteiger partial charge in [0.15, 0.2) is 0 Å². The van der Waals surface area contributed by atoms with Crippen molar-refractivity contribution >= 4 is 0 Å². The number of aromatic nitrogens is 1. The first-order valence-electron chi connectivity index (χ1n) is 6.28. The van der Waals surface area contributed by atoms with Gasteiger partial charge in [-0.2, -0.15) is 0 Å². The molecule has 0 spiro atoms. The maximum Gasteiger partial charge on any atom is 0.0711 e. The van der Waals surface area contributed by atoms with Gasteiger partial charge in [-0.25, -0.2) is 0 Å². The Morgan fingerprint density at radius 1 is 1.28 bits per heavy atom. The van der Waals surface area contributed by atoms with E-state index in [-0.39, 0.29) is 25.2 Å². The second-order valence-corrected chi connectivity index (χ2v) is 4.83. The number of rotatable bonds is 5. The normalized spacial score (nSPS) is 24.9. The quantitative estimate of drug-likeness (QED) is 0.644. The molecule has 0 bridgehead atoms. The molecule has 5 nitrogen and oxygen atoms in total. The van der Waals surface area contributed by atoms with E-state index < -0.39 is 6.10 Å². The minimum Gasteiger partial charge on any atom is -0.395 e. The smallest absolute Gasteiger partial charge is 0.0711 e. The minimum absolute atomic E-state index is 0.0838. The van der Waals surface area contributed by atoms with Crippen LogP contribution in [-0.4, -0.2) is 63.7 Å². The van der Waals surface area contributed by atoms with Crippen LogP contribution in [0.4, 0.5) is 0 Å². The van der Waals surface area contributed by atoms with Crippen molar-refractivity contribution in [3.63, 3.8) is 0 Å². The summed E-state index contributed by atoms with van der Waals surface area (Å²) in [6.07, 6.45) is 2.05. The number of hydrogen-bond acceptors (Lipinski definition) is 5. The third-order valence-electron chi connectivity index (χ3n) is 3.57. The summed E-state index contributed by atoms with van der Waals surface area (Å²) in [6.45, 7) is 1.02. The Balaban J connectivity index is 1.95. The van der Waals surface area contributed by atoms with Crippen LogP contribution in [0.25, 0.3) is 0 Å². The molecule has 1 aliphatic heterocycles. The number of aliphatic hydroxyl groups is 3. The summed E-state index contributed by atoms with van der Waals surface area (Å²) in [5.41, 5.74) is 0.966. The number of likely N-dealkylation sites (tertiary alicyclic amines) is 1. The largest absolute Gasteiger partial charge is 0.395 e. The van der Waals surface area contributed by atoms with Crippen molar-refractivity contribution < 1.29 is 15.3 Å². The highest BCUT2D eigenvalue weighted by atomic mass is 16.3. The summed E-state index contributed by atoms with van der Waals surface area (Å²) in [5.74, 6) is 0.112. The molecule has 1 aromatic heterocycles. The number of hydrogen-bond donors (Lipinski definition) is 3. The number of nitrogens with zero attached hydrogens (tertiary/aromatic N) is 2. The zero-order valence-electron chi connectivity index (χ0n) is 10.3. The highest BCUT2D eigenvalue weighted by molar-refractivity contribution is 5.06. The average Bonchev–Trinajstić information content (AvgIpc) is 2.74. The van der Waals surface area contributed by atoms with Crippen LogP contribution in [0.3, 0.4) is 0 Å². The predicted octanol–water partition coefficient (Wildman–Crippen LogP) is -0.730. The van der Waals surface area contributed by atoms with E-state index in [0.29, 0.717) is 13.1 Å². The van der Waals surface area contributed by atoms with E-state index in [1.54, 1.807) is 6.20 Å². The van der Waals surface area contributed by atoms with Crippen LogP contribution in [0.15, 0.2) is 24.4 Å². The fourth-order valence-corrected chi connectivity index (χ4v) is 2.46. The molecule has 2 atom stereocenters. The summed E-state index contributed by atoms with van der Waals surface area (Å²) in [7, 11) is 0. The third-order valence-corrected chi connectivity index (χ3v) is 3.57. The third kappa shape index (κ3) is 3.05. The molecule has 0 unspecified atom stereocenters. The standard InChI is InChI=1S/C13H20N2O3/c16-8-12(9-17)15-6-10(13(18)7-15)5-11-3-1-2-4-14-11/h1-4,10,12-13,16-18H,5-9H2/t10-,13-/m1/s1. The van der Waals surface area contributed by atoms with Crippen LogP contribution in [0.5, 0.6) is 0 Å². The Hall–Kier alpha value is -1.01. The number of pyridine rings is 1. The molecule has 0 aromatic carbocycles. The molecule has 1 aromatic rings. The lowest BCUT2D eigenvalue weighted by molar-refractivity contribution is 0.0785. The summed E-state index contributed by atoms with van der Waals surface area (Å²) < 4.78 is 0. The van der Waals surface area contributed by atoms with Crippen LogP contribution in [-0.2, 0) is 6.42 Å². The first-order chi connectivity index (χ1) is 8.74. The Morgan fingerprint density at radius 3 is 2.67 bits per heavy atom. The fraction of sp³-hybridized carbons (Fsp3) is 0.615. The summed E-state index contributed by atoms with van der Waals surface area (Å²) in [4.78, 5) is 6.20. The van der Waals surface area contributed by atoms with Crippen LogP contribution >= 0.6 is 0 Å². The van der Waals surface area contributed by atoms with Crippen molar-refractivity contribution in [2.24, 2.45) is 5.92 Å². The SMILES string of the molecule is OCC(CO)N1C[C@@H](Cc2ccccn2)[C@H](O)C1. The molecule has 1 aliphatic rings. The zero-order chi connectivity index (χ0) is 13.0. The van der Waals surface area contributed by atoms with E-state index in [1.807, 2.05) is 23.1 Å². The fourth-order valence-electron chi connectivity index (χ4n) is 2.46. The zero-order valence-corrected chi connectivity index (χ0v) is 10.3. The van der Waals surface area contributed by atoms with E-state index >= 15 is 0 Å². The van der Waals surface area contributed by atoms with E-state index in [0.717, 1.165) is 12.1 Å². The minimum atomic E-state index is -0.424. The summed E-state index contributed by atoms with van der Waals surface area (Å²) in [6, 6.07) is 5.49. The number of aliphatic hydroxyl groups excluding tert-OH is 3. The van der Waals surface area contributed by atoms with Crippen molar-refractivity contribution in [1.29, 1.82) is 0 Å². The molecule has 0 aliphatic carbocycles. The van der Waals surface area contributed by atoms with Gasteiger partial charge in [0.05, 0.1) is 25.4 Å². The van der Waals surface area contributed by atoms with E-state index in [4.69, 9.17) is 10.2 Å². The lowest BCUT2D eigenvalue weighted by atomic mass is 10.00. The predicted molar refractivity (Wildman–Crippen MR) is 67.0 cm³/mol. The number of β-amino-alcohol motifs (C(OH)–C–C–N with tert-alkyl or cyclic N) is 1. The van der Waals surface area contributed by atoms with Gasteiger partial charge in [0.25, 0.3) is 0 Å². The second kappa shape index (κ2) is 6.24. The maximum absolute atomic E-state index is 10.0. The Kier molecular flexibility index (Phi) is 4.66. The van der Waals surface area contributed by atoms with Gasteiger partial charge >= 0.3 is 0 Å². The van der Waals surface area contributed by atoms with E-state index in [2.05, 4.69) is 4.98 Å². The first-order valence-corrected chi connectivity index (χ1v) is 6.28. The van der Waals surface area contributed by atoms with Crippen LogP contribution in [0.2, 0.25) is 0 Å². The lowest BCUT2D eigenvalue weighted by Crippen LogP contribution is -2.39. The molecule has 18 heavy (non-hydrogen) atoms. The molecule has 5 heteroatoms. The summed E-state index contributed by atoms with van der Waals surface area (Å²) >= 11 is 0. The molecule has 100 valence electrons. The van der Waals surface area contributed by atoms with Crippen molar-refractivity contribution in [2.45, 2.75) is 18.6 Å². The molecule has 1 saturated heterocycles. The highest BCUT2D eigenvalue weighted by Gasteiger charge is 2.34. The Labute approximate surface area is 107 Å². The summed E-state index contributed by atoms with van der Waals surface area (Å²) in [5, 5.41) is 28.3. The van der Waals surface area contributed by atoms with Crippen LogP contribution < -0.4 is 0 Å². The Bertz CT molecular complexity index is 357. The van der Waals surface area contributed by atoms with Gasteiger partial charge < -0.3 is 15.3 Å². The monoisotopic (exact) mass is 252 g/mol. The van der Waals surface area contributed by atoms with Gasteiger partial charge in [-0.15, -0.1) is 0 Å². The van der Waals surface area contributed by atoms with E-state index in [9.17, 15) is 5.11 Å². The second-order valence-electron chi connectivity index (χ2n) is 4.83. The first kappa shape index (κ1) is 13.4. The van der Waals surface area contributed by atoms with Crippen LogP contribution in [0, 0.1) is 5.92 Å². The van der Waals surface area contributed by atoms with Gasteiger partial charge in [-0.3, -0.25) is 9.88 Å². The van der Waals surface area contributed by atoms with Gasteiger partial charge in [0, 0.05) is 30.9 Å². The molecule has 1 fully saturated rings. The van der Waals surface area contributed by atoms with Crippen LogP contribution in [0.1, 0.15) is 5.69 Å². The van der Waals surface area contributed by atoms with E-state index in [1.165, 1.54) is 0 Å². The molecule has 3 N–H and O–H groups in total.